The molecule has 2 aromatic rings. The largest absolute Gasteiger partial charge is 0.483 e. The zero-order valence-electron chi connectivity index (χ0n) is 19.3. The van der Waals surface area contributed by atoms with E-state index in [1.165, 1.54) is 12.0 Å². The molecule has 0 spiro atoms. The van der Waals surface area contributed by atoms with Crippen molar-refractivity contribution in [2.24, 2.45) is 0 Å². The number of nitrogens with one attached hydrogen (secondary N) is 1. The van der Waals surface area contributed by atoms with Gasteiger partial charge in [-0.25, -0.2) is 0 Å². The second kappa shape index (κ2) is 12.4. The number of rotatable bonds is 9. The van der Waals surface area contributed by atoms with Crippen LogP contribution in [0.15, 0.2) is 46.9 Å². The third kappa shape index (κ3) is 7.47. The van der Waals surface area contributed by atoms with Crippen LogP contribution >= 0.6 is 27.5 Å². The number of ether oxygens (including phenoxy) is 1. The average molecular weight is 536 g/mol. The summed E-state index contributed by atoms with van der Waals surface area (Å²) >= 11 is 9.67. The van der Waals surface area contributed by atoms with Gasteiger partial charge in [0.15, 0.2) is 6.61 Å². The molecule has 5 nitrogen and oxygen atoms in total. The van der Waals surface area contributed by atoms with E-state index in [4.69, 9.17) is 16.3 Å². The van der Waals surface area contributed by atoms with Crippen molar-refractivity contribution in [1.29, 1.82) is 0 Å². The molecule has 1 aliphatic rings. The predicted molar refractivity (Wildman–Crippen MR) is 135 cm³/mol. The first-order chi connectivity index (χ1) is 15.9. The molecule has 1 fully saturated rings. The topological polar surface area (TPSA) is 58.6 Å². The lowest BCUT2D eigenvalue weighted by Gasteiger charge is -2.31. The molecular weight excluding hydrogens is 504 g/mol. The van der Waals surface area contributed by atoms with E-state index in [-0.39, 0.29) is 31.0 Å². The number of hydrogen-bond acceptors (Lipinski definition) is 3. The van der Waals surface area contributed by atoms with Crippen molar-refractivity contribution in [2.45, 2.75) is 71.0 Å². The number of hydrogen-bond donors (Lipinski definition) is 1. The van der Waals surface area contributed by atoms with Crippen LogP contribution in [0.25, 0.3) is 0 Å². The molecule has 1 aliphatic carbocycles. The van der Waals surface area contributed by atoms with Crippen LogP contribution in [-0.2, 0) is 22.6 Å². The lowest BCUT2D eigenvalue weighted by molar-refractivity contribution is -0.142. The molecule has 2 amide bonds. The van der Waals surface area contributed by atoms with Crippen LogP contribution in [-0.4, -0.2) is 35.4 Å². The minimum absolute atomic E-state index is 0.134. The first-order valence-corrected chi connectivity index (χ1v) is 12.8. The first kappa shape index (κ1) is 25.6. The zero-order chi connectivity index (χ0) is 23.8. The lowest BCUT2D eigenvalue weighted by Crippen LogP contribution is -2.51. The Morgan fingerprint density at radius 1 is 1.15 bits per heavy atom. The molecule has 7 heteroatoms. The quantitative estimate of drug-likeness (QED) is 0.434. The molecule has 0 saturated heterocycles. The maximum atomic E-state index is 13.3. The van der Waals surface area contributed by atoms with Crippen LogP contribution in [0.4, 0.5) is 0 Å². The molecule has 0 heterocycles. The van der Waals surface area contributed by atoms with E-state index in [1.54, 1.807) is 17.9 Å². The van der Waals surface area contributed by atoms with Gasteiger partial charge in [0.05, 0.1) is 4.47 Å². The summed E-state index contributed by atoms with van der Waals surface area (Å²) < 4.78 is 6.63. The van der Waals surface area contributed by atoms with Crippen LogP contribution in [0.1, 0.15) is 57.1 Å². The highest BCUT2D eigenvalue weighted by Gasteiger charge is 2.28. The first-order valence-electron chi connectivity index (χ1n) is 11.6. The van der Waals surface area contributed by atoms with Crippen LogP contribution in [0, 0.1) is 0 Å². The summed E-state index contributed by atoms with van der Waals surface area (Å²) in [5.41, 5.74) is 2.04. The highest BCUT2D eigenvalue weighted by molar-refractivity contribution is 9.10. The second-order valence-corrected chi connectivity index (χ2v) is 9.87. The Bertz CT molecular complexity index is 962. The third-order valence-electron chi connectivity index (χ3n) is 6.12. The Morgan fingerprint density at radius 3 is 2.58 bits per heavy atom. The van der Waals surface area contributed by atoms with Crippen molar-refractivity contribution in [3.05, 3.63) is 63.1 Å². The number of nitrogens with zero attached hydrogens (tertiary/aromatic N) is 1. The van der Waals surface area contributed by atoms with E-state index in [1.807, 2.05) is 36.4 Å². The average Bonchev–Trinajstić information content (AvgIpc) is 2.81. The van der Waals surface area contributed by atoms with E-state index in [2.05, 4.69) is 28.2 Å². The molecule has 33 heavy (non-hydrogen) atoms. The van der Waals surface area contributed by atoms with Gasteiger partial charge >= 0.3 is 0 Å². The number of carbonyl (C=O) groups is 2. The van der Waals surface area contributed by atoms with Gasteiger partial charge in [-0.2, -0.15) is 0 Å². The van der Waals surface area contributed by atoms with Gasteiger partial charge in [0, 0.05) is 17.6 Å². The van der Waals surface area contributed by atoms with E-state index < -0.39 is 6.04 Å². The van der Waals surface area contributed by atoms with Gasteiger partial charge in [-0.3, -0.25) is 9.59 Å². The van der Waals surface area contributed by atoms with Gasteiger partial charge in [0.2, 0.25) is 5.91 Å². The predicted octanol–water partition coefficient (Wildman–Crippen LogP) is 5.91. The maximum absolute atomic E-state index is 13.3. The monoisotopic (exact) mass is 534 g/mol. The van der Waals surface area contributed by atoms with Crippen molar-refractivity contribution < 1.29 is 14.3 Å². The number of benzene rings is 2. The number of halogens is 2. The Morgan fingerprint density at radius 2 is 1.91 bits per heavy atom. The molecule has 2 aromatic carbocycles. The van der Waals surface area contributed by atoms with Crippen LogP contribution in [0.2, 0.25) is 5.02 Å². The maximum Gasteiger partial charge on any atom is 0.261 e. The van der Waals surface area contributed by atoms with Crippen molar-refractivity contribution in [3.63, 3.8) is 0 Å². The van der Waals surface area contributed by atoms with Crippen molar-refractivity contribution in [2.75, 3.05) is 6.61 Å². The number of carbonyl (C=O) groups excluding carboxylic acids is 2. The number of aryl methyl sites for hydroxylation is 1. The molecule has 0 aliphatic heterocycles. The minimum atomic E-state index is -0.632. The Labute approximate surface area is 210 Å². The molecule has 1 atom stereocenters. The molecule has 1 saturated carbocycles. The van der Waals surface area contributed by atoms with E-state index >= 15 is 0 Å². The minimum Gasteiger partial charge on any atom is -0.483 e. The Kier molecular flexibility index (Phi) is 9.63. The third-order valence-corrected chi connectivity index (χ3v) is 6.97. The molecule has 0 unspecified atom stereocenters. The molecule has 0 radical (unpaired) electrons. The van der Waals surface area contributed by atoms with Gasteiger partial charge < -0.3 is 15.0 Å². The van der Waals surface area contributed by atoms with Crippen LogP contribution in [0.5, 0.6) is 5.75 Å². The van der Waals surface area contributed by atoms with Gasteiger partial charge in [-0.05, 0) is 77.5 Å². The fourth-order valence-electron chi connectivity index (χ4n) is 4.09. The highest BCUT2D eigenvalue weighted by atomic mass is 79.9. The van der Waals surface area contributed by atoms with E-state index in [9.17, 15) is 9.59 Å². The number of amides is 2. The van der Waals surface area contributed by atoms with Crippen molar-refractivity contribution >= 4 is 39.3 Å². The van der Waals surface area contributed by atoms with Crippen LogP contribution < -0.4 is 10.1 Å². The fourth-order valence-corrected chi connectivity index (χ4v) is 4.84. The SMILES string of the molecule is CCc1ccc(OCC(=O)N(Cc2cccc(Cl)c2)[C@@H](C)C(=O)NC2CCCCC2)c(Br)c1. The second-order valence-electron chi connectivity index (χ2n) is 8.58. The molecular formula is C26H32BrClN2O3. The summed E-state index contributed by atoms with van der Waals surface area (Å²) in [5.74, 6) is 0.209. The van der Waals surface area contributed by atoms with Gasteiger partial charge in [-0.1, -0.05) is 56.0 Å². The molecule has 1 N–H and O–H groups in total. The molecule has 0 aromatic heterocycles. The summed E-state index contributed by atoms with van der Waals surface area (Å²) in [6.07, 6.45) is 6.37. The highest BCUT2D eigenvalue weighted by Crippen LogP contribution is 2.26. The Hall–Kier alpha value is -2.05. The molecule has 0 bridgehead atoms. The fraction of sp³-hybridized carbons (Fsp3) is 0.462. The molecule has 178 valence electrons. The summed E-state index contributed by atoms with van der Waals surface area (Å²) in [4.78, 5) is 27.9. The lowest BCUT2D eigenvalue weighted by atomic mass is 9.95. The van der Waals surface area contributed by atoms with Gasteiger partial charge in [0.1, 0.15) is 11.8 Å². The van der Waals surface area contributed by atoms with Crippen LogP contribution in [0.3, 0.4) is 0 Å². The van der Waals surface area contributed by atoms with Gasteiger partial charge in [0.25, 0.3) is 5.91 Å². The Balaban J connectivity index is 1.72. The summed E-state index contributed by atoms with van der Waals surface area (Å²) in [5, 5.41) is 3.73. The van der Waals surface area contributed by atoms with Crippen molar-refractivity contribution in [3.8, 4) is 5.75 Å². The standard InChI is InChI=1S/C26H32BrClN2O3/c1-3-19-12-13-24(23(27)15-19)33-17-25(31)30(16-20-8-7-9-21(28)14-20)18(2)26(32)29-22-10-5-4-6-11-22/h7-9,12-15,18,22H,3-6,10-11,16-17H2,1-2H3,(H,29,32)/t18-/m0/s1. The van der Waals surface area contributed by atoms with E-state index in [0.717, 1.165) is 42.1 Å². The van der Waals surface area contributed by atoms with E-state index in [0.29, 0.717) is 10.8 Å². The van der Waals surface area contributed by atoms with Crippen molar-refractivity contribution in [1.82, 2.24) is 10.2 Å². The summed E-state index contributed by atoms with van der Waals surface area (Å²) in [6, 6.07) is 12.7. The summed E-state index contributed by atoms with van der Waals surface area (Å²) in [7, 11) is 0. The summed E-state index contributed by atoms with van der Waals surface area (Å²) in [6.45, 7) is 3.97. The smallest absolute Gasteiger partial charge is 0.261 e. The van der Waals surface area contributed by atoms with Gasteiger partial charge in [-0.15, -0.1) is 0 Å². The molecule has 3 rings (SSSR count). The zero-order valence-corrected chi connectivity index (χ0v) is 21.6. The normalized spacial score (nSPS) is 15.0.